The van der Waals surface area contributed by atoms with Crippen LogP contribution in [0, 0.1) is 0 Å². The van der Waals surface area contributed by atoms with E-state index >= 15 is 0 Å². The van der Waals surface area contributed by atoms with Gasteiger partial charge in [-0.1, -0.05) is 34.1 Å². The average molecular weight is 349 g/mol. The summed E-state index contributed by atoms with van der Waals surface area (Å²) >= 11 is 3.45. The molecule has 0 unspecified atom stereocenters. The molecule has 0 aliphatic carbocycles. The maximum absolute atomic E-state index is 6.24. The largest absolute Gasteiger partial charge is 0.489 e. The molecule has 21 heavy (non-hydrogen) atoms. The quantitative estimate of drug-likeness (QED) is 0.811. The van der Waals surface area contributed by atoms with Crippen molar-refractivity contribution in [1.29, 1.82) is 0 Å². The van der Waals surface area contributed by atoms with Crippen molar-refractivity contribution in [3.8, 4) is 5.75 Å². The molecule has 0 heterocycles. The number of hydrogen-bond acceptors (Lipinski definition) is 3. The van der Waals surface area contributed by atoms with Gasteiger partial charge in [-0.2, -0.15) is 0 Å². The molecule has 2 N–H and O–H groups in total. The fourth-order valence-corrected chi connectivity index (χ4v) is 2.44. The van der Waals surface area contributed by atoms with Crippen molar-refractivity contribution in [2.45, 2.75) is 26.5 Å². The minimum Gasteiger partial charge on any atom is -0.489 e. The van der Waals surface area contributed by atoms with E-state index < -0.39 is 0 Å². The number of hydrogen-bond donors (Lipinski definition) is 1. The van der Waals surface area contributed by atoms with E-state index in [0.717, 1.165) is 22.5 Å². The molecule has 3 nitrogen and oxygen atoms in total. The molecule has 0 radical (unpaired) electrons. The molecule has 2 aromatic carbocycles. The fraction of sp³-hybridized carbons (Fsp3) is 0.294. The molecular weight excluding hydrogens is 328 g/mol. The first-order chi connectivity index (χ1) is 9.97. The van der Waals surface area contributed by atoms with E-state index in [2.05, 4.69) is 33.0 Å². The van der Waals surface area contributed by atoms with Crippen LogP contribution in [0.3, 0.4) is 0 Å². The summed E-state index contributed by atoms with van der Waals surface area (Å²) in [5.41, 5.74) is 9.14. The Balaban J connectivity index is 2.18. The SMILES string of the molecule is CC(C)Oc1cccc(N(C)Cc2ccc(Br)cc2)c1N. The lowest BCUT2D eigenvalue weighted by Crippen LogP contribution is -2.18. The summed E-state index contributed by atoms with van der Waals surface area (Å²) in [5.74, 6) is 0.741. The van der Waals surface area contributed by atoms with Gasteiger partial charge in [0.15, 0.2) is 0 Å². The number of ether oxygens (including phenoxy) is 1. The summed E-state index contributed by atoms with van der Waals surface area (Å²) in [6, 6.07) is 14.2. The number of rotatable bonds is 5. The molecule has 0 saturated carbocycles. The van der Waals surface area contributed by atoms with E-state index in [-0.39, 0.29) is 6.10 Å². The highest BCUT2D eigenvalue weighted by molar-refractivity contribution is 9.10. The van der Waals surface area contributed by atoms with Gasteiger partial charge < -0.3 is 15.4 Å². The number of nitrogens with two attached hydrogens (primary N) is 1. The van der Waals surface area contributed by atoms with Gasteiger partial charge in [-0.15, -0.1) is 0 Å². The Hall–Kier alpha value is -1.68. The summed E-state index contributed by atoms with van der Waals surface area (Å²) < 4.78 is 6.83. The minimum atomic E-state index is 0.110. The zero-order valence-corrected chi connectivity index (χ0v) is 14.2. The maximum atomic E-state index is 6.24. The Labute approximate surface area is 134 Å². The molecule has 0 amide bonds. The van der Waals surface area contributed by atoms with E-state index in [0.29, 0.717) is 5.69 Å². The fourth-order valence-electron chi connectivity index (χ4n) is 2.17. The molecule has 2 aromatic rings. The van der Waals surface area contributed by atoms with Crippen molar-refractivity contribution < 1.29 is 4.74 Å². The summed E-state index contributed by atoms with van der Waals surface area (Å²) in [5, 5.41) is 0. The van der Waals surface area contributed by atoms with Gasteiger partial charge in [-0.05, 0) is 43.7 Å². The number of para-hydroxylation sites is 1. The molecule has 4 heteroatoms. The predicted octanol–water partition coefficient (Wildman–Crippen LogP) is 4.45. The molecule has 0 aromatic heterocycles. The van der Waals surface area contributed by atoms with E-state index in [1.807, 2.05) is 51.2 Å². The van der Waals surface area contributed by atoms with Crippen molar-refractivity contribution in [3.63, 3.8) is 0 Å². The van der Waals surface area contributed by atoms with Crippen LogP contribution in [0.1, 0.15) is 19.4 Å². The number of anilines is 2. The minimum absolute atomic E-state index is 0.110. The normalized spacial score (nSPS) is 10.7. The van der Waals surface area contributed by atoms with Crippen LogP contribution in [0.2, 0.25) is 0 Å². The number of halogens is 1. The number of nitrogens with zero attached hydrogens (tertiary/aromatic N) is 1. The lowest BCUT2D eigenvalue weighted by molar-refractivity contribution is 0.244. The van der Waals surface area contributed by atoms with E-state index in [4.69, 9.17) is 10.5 Å². The van der Waals surface area contributed by atoms with Gasteiger partial charge in [0.05, 0.1) is 17.5 Å². The number of benzene rings is 2. The Morgan fingerprint density at radius 2 is 1.81 bits per heavy atom. The Morgan fingerprint density at radius 1 is 1.14 bits per heavy atom. The van der Waals surface area contributed by atoms with Crippen molar-refractivity contribution in [1.82, 2.24) is 0 Å². The molecule has 0 atom stereocenters. The van der Waals surface area contributed by atoms with Gasteiger partial charge in [0, 0.05) is 18.1 Å². The molecule has 0 aliphatic rings. The summed E-state index contributed by atoms with van der Waals surface area (Å²) in [7, 11) is 2.03. The highest BCUT2D eigenvalue weighted by Crippen LogP contribution is 2.33. The summed E-state index contributed by atoms with van der Waals surface area (Å²) in [4.78, 5) is 2.13. The van der Waals surface area contributed by atoms with E-state index in [1.165, 1.54) is 5.56 Å². The molecule has 0 saturated heterocycles. The molecule has 0 fully saturated rings. The third kappa shape index (κ3) is 4.14. The first-order valence-corrected chi connectivity index (χ1v) is 7.77. The Morgan fingerprint density at radius 3 is 2.43 bits per heavy atom. The molecule has 112 valence electrons. The highest BCUT2D eigenvalue weighted by Gasteiger charge is 2.11. The topological polar surface area (TPSA) is 38.5 Å². The van der Waals surface area contributed by atoms with Crippen LogP contribution in [0.4, 0.5) is 11.4 Å². The van der Waals surface area contributed by atoms with Crippen LogP contribution in [-0.2, 0) is 6.54 Å². The molecule has 0 aliphatic heterocycles. The molecule has 0 spiro atoms. The van der Waals surface area contributed by atoms with Crippen LogP contribution in [0.25, 0.3) is 0 Å². The average Bonchev–Trinajstić information content (AvgIpc) is 2.43. The zero-order chi connectivity index (χ0) is 15.4. The van der Waals surface area contributed by atoms with Gasteiger partial charge in [-0.25, -0.2) is 0 Å². The monoisotopic (exact) mass is 348 g/mol. The summed E-state index contributed by atoms with van der Waals surface area (Å²) in [6.45, 7) is 4.79. The van der Waals surface area contributed by atoms with Crippen molar-refractivity contribution in [2.24, 2.45) is 0 Å². The second kappa shape index (κ2) is 6.85. The Kier molecular flexibility index (Phi) is 5.12. The summed E-state index contributed by atoms with van der Waals surface area (Å²) in [6.07, 6.45) is 0.110. The van der Waals surface area contributed by atoms with Crippen molar-refractivity contribution in [3.05, 3.63) is 52.5 Å². The molecule has 0 bridgehead atoms. The maximum Gasteiger partial charge on any atom is 0.144 e. The van der Waals surface area contributed by atoms with Crippen LogP contribution < -0.4 is 15.4 Å². The van der Waals surface area contributed by atoms with Crippen LogP contribution in [-0.4, -0.2) is 13.2 Å². The smallest absolute Gasteiger partial charge is 0.144 e. The van der Waals surface area contributed by atoms with Crippen molar-refractivity contribution in [2.75, 3.05) is 17.7 Å². The van der Waals surface area contributed by atoms with E-state index in [9.17, 15) is 0 Å². The van der Waals surface area contributed by atoms with E-state index in [1.54, 1.807) is 0 Å². The first-order valence-electron chi connectivity index (χ1n) is 6.98. The second-order valence-electron chi connectivity index (χ2n) is 5.34. The van der Waals surface area contributed by atoms with Gasteiger partial charge >= 0.3 is 0 Å². The Bertz CT molecular complexity index is 596. The number of nitrogen functional groups attached to an aromatic ring is 1. The molecular formula is C17H21BrN2O. The first kappa shape index (κ1) is 15.7. The van der Waals surface area contributed by atoms with Gasteiger partial charge in [0.1, 0.15) is 5.75 Å². The third-order valence-corrected chi connectivity index (χ3v) is 3.68. The highest BCUT2D eigenvalue weighted by atomic mass is 79.9. The standard InChI is InChI=1S/C17H21BrN2O/c1-12(2)21-16-6-4-5-15(17(16)19)20(3)11-13-7-9-14(18)10-8-13/h4-10,12H,11,19H2,1-3H3. The van der Waals surface area contributed by atoms with Gasteiger partial charge in [-0.3, -0.25) is 0 Å². The van der Waals surface area contributed by atoms with Crippen LogP contribution in [0.15, 0.2) is 46.9 Å². The lowest BCUT2D eigenvalue weighted by Gasteiger charge is -2.23. The second-order valence-corrected chi connectivity index (χ2v) is 6.25. The lowest BCUT2D eigenvalue weighted by atomic mass is 10.2. The van der Waals surface area contributed by atoms with Crippen LogP contribution in [0.5, 0.6) is 5.75 Å². The predicted molar refractivity (Wildman–Crippen MR) is 92.9 cm³/mol. The zero-order valence-electron chi connectivity index (χ0n) is 12.6. The third-order valence-electron chi connectivity index (χ3n) is 3.15. The van der Waals surface area contributed by atoms with Gasteiger partial charge in [0.2, 0.25) is 0 Å². The van der Waals surface area contributed by atoms with Crippen molar-refractivity contribution >= 4 is 27.3 Å². The van der Waals surface area contributed by atoms with Crippen LogP contribution >= 0.6 is 15.9 Å². The molecule has 2 rings (SSSR count). The van der Waals surface area contributed by atoms with Gasteiger partial charge in [0.25, 0.3) is 0 Å².